The first-order valence-electron chi connectivity index (χ1n) is 9.67. The number of nitrogens with two attached hydrogens (primary N) is 1. The zero-order valence-corrected chi connectivity index (χ0v) is 16.7. The van der Waals surface area contributed by atoms with Crippen LogP contribution < -0.4 is 11.1 Å². The van der Waals surface area contributed by atoms with Crippen LogP contribution in [-0.4, -0.2) is 90.8 Å². The van der Waals surface area contributed by atoms with Crippen molar-refractivity contribution in [1.82, 2.24) is 15.1 Å². The standard InChI is InChI=1S/C19H26N4O6/c1-9-13(21-5-4-6-24)16(26)12-10(8-29-18(20)27)19(28-3)17-11(22(17)2)7-23(19)14(12)15(9)25/h10-11,17,21,24H,4-8H2,1-3H3,(H2,20,27). The highest BCUT2D eigenvalue weighted by Gasteiger charge is 2.75. The third-order valence-corrected chi connectivity index (χ3v) is 6.58. The molecule has 2 saturated heterocycles. The number of allylic oxidation sites excluding steroid dienone is 2. The Bertz CT molecular complexity index is 852. The maximum Gasteiger partial charge on any atom is 0.404 e. The van der Waals surface area contributed by atoms with E-state index in [-0.39, 0.29) is 42.6 Å². The van der Waals surface area contributed by atoms with Crippen LogP contribution in [0.1, 0.15) is 13.3 Å². The van der Waals surface area contributed by atoms with Gasteiger partial charge in [-0.05, 0) is 20.4 Å². The lowest BCUT2D eigenvalue weighted by Gasteiger charge is -2.40. The molecule has 2 fully saturated rings. The second-order valence-corrected chi connectivity index (χ2v) is 7.85. The molecule has 3 aliphatic heterocycles. The number of ketones is 2. The highest BCUT2D eigenvalue weighted by Crippen LogP contribution is 2.59. The molecule has 1 amide bonds. The van der Waals surface area contributed by atoms with Crippen LogP contribution in [0.15, 0.2) is 22.5 Å². The van der Waals surface area contributed by atoms with E-state index >= 15 is 0 Å². The molecule has 4 aliphatic rings. The first kappa shape index (κ1) is 19.9. The molecule has 10 nitrogen and oxygen atoms in total. The van der Waals surface area contributed by atoms with Gasteiger partial charge in [0, 0.05) is 44.0 Å². The highest BCUT2D eigenvalue weighted by molar-refractivity contribution is 6.25. The lowest BCUT2D eigenvalue weighted by molar-refractivity contribution is -0.144. The number of piperazine rings is 1. The number of ether oxygens (including phenoxy) is 2. The number of nitrogens with one attached hydrogen (secondary N) is 1. The molecule has 10 heteroatoms. The lowest BCUT2D eigenvalue weighted by Crippen LogP contribution is -2.55. The van der Waals surface area contributed by atoms with E-state index in [0.29, 0.717) is 36.4 Å². The van der Waals surface area contributed by atoms with Gasteiger partial charge < -0.3 is 30.5 Å². The van der Waals surface area contributed by atoms with Crippen molar-refractivity contribution in [3.05, 3.63) is 22.5 Å². The van der Waals surface area contributed by atoms with Gasteiger partial charge in [-0.2, -0.15) is 0 Å². The molecule has 0 aromatic rings. The van der Waals surface area contributed by atoms with Crippen LogP contribution in [0, 0.1) is 5.92 Å². The molecule has 0 saturated carbocycles. The minimum absolute atomic E-state index is 0.0220. The molecule has 4 rings (SSSR count). The van der Waals surface area contributed by atoms with E-state index in [1.165, 1.54) is 0 Å². The van der Waals surface area contributed by atoms with Crippen LogP contribution in [-0.2, 0) is 19.1 Å². The summed E-state index contributed by atoms with van der Waals surface area (Å²) >= 11 is 0. The van der Waals surface area contributed by atoms with Gasteiger partial charge in [-0.3, -0.25) is 14.5 Å². The summed E-state index contributed by atoms with van der Waals surface area (Å²) in [6.07, 6.45) is -0.501. The predicted octanol–water partition coefficient (Wildman–Crippen LogP) is -1.30. The van der Waals surface area contributed by atoms with Crippen molar-refractivity contribution in [2.75, 3.05) is 40.5 Å². The number of aliphatic hydroxyl groups excluding tert-OH is 1. The van der Waals surface area contributed by atoms with Crippen molar-refractivity contribution >= 4 is 17.7 Å². The first-order valence-corrected chi connectivity index (χ1v) is 9.67. The Balaban J connectivity index is 1.76. The predicted molar refractivity (Wildman–Crippen MR) is 100 cm³/mol. The Morgan fingerprint density at radius 1 is 1.38 bits per heavy atom. The summed E-state index contributed by atoms with van der Waals surface area (Å²) < 4.78 is 11.1. The number of carbonyl (C=O) groups is 3. The van der Waals surface area contributed by atoms with E-state index in [2.05, 4.69) is 10.2 Å². The number of likely N-dealkylation sites (N-methyl/N-ethyl adjacent to an activating group) is 1. The maximum atomic E-state index is 13.4. The monoisotopic (exact) mass is 406 g/mol. The molecule has 1 aliphatic carbocycles. The number of methoxy groups -OCH3 is 1. The summed E-state index contributed by atoms with van der Waals surface area (Å²) in [5.74, 6) is -1.19. The summed E-state index contributed by atoms with van der Waals surface area (Å²) in [5, 5.41) is 12.0. The number of rotatable bonds is 7. The Kier molecular flexibility index (Phi) is 4.67. The van der Waals surface area contributed by atoms with Crippen molar-refractivity contribution in [2.24, 2.45) is 11.7 Å². The summed E-state index contributed by atoms with van der Waals surface area (Å²) in [6, 6.07) is 0.183. The fourth-order valence-corrected chi connectivity index (χ4v) is 5.22. The number of amides is 1. The molecule has 0 bridgehead atoms. The number of hydrogen-bond acceptors (Lipinski definition) is 9. The van der Waals surface area contributed by atoms with Crippen LogP contribution in [0.5, 0.6) is 0 Å². The summed E-state index contributed by atoms with van der Waals surface area (Å²) in [6.45, 7) is 2.36. The van der Waals surface area contributed by atoms with Gasteiger partial charge in [0.1, 0.15) is 6.61 Å². The molecule has 158 valence electrons. The Labute approximate surface area is 168 Å². The van der Waals surface area contributed by atoms with Gasteiger partial charge in [-0.25, -0.2) is 4.79 Å². The zero-order chi connectivity index (χ0) is 21.1. The van der Waals surface area contributed by atoms with E-state index in [4.69, 9.17) is 20.3 Å². The molecular formula is C19H26N4O6. The summed E-state index contributed by atoms with van der Waals surface area (Å²) in [5.41, 5.74) is 5.41. The average molecular weight is 406 g/mol. The smallest absolute Gasteiger partial charge is 0.404 e. The van der Waals surface area contributed by atoms with Gasteiger partial charge in [0.15, 0.2) is 5.72 Å². The van der Waals surface area contributed by atoms with Crippen molar-refractivity contribution in [3.63, 3.8) is 0 Å². The fraction of sp³-hybridized carbons (Fsp3) is 0.632. The molecule has 0 spiro atoms. The highest BCUT2D eigenvalue weighted by atomic mass is 16.6. The quantitative estimate of drug-likeness (QED) is 0.268. The number of Topliss-reactive ketones (excluding diaryl/α,β-unsaturated/α-hetero) is 2. The van der Waals surface area contributed by atoms with Crippen LogP contribution in [0.25, 0.3) is 0 Å². The molecule has 5 atom stereocenters. The van der Waals surface area contributed by atoms with Crippen molar-refractivity contribution in [3.8, 4) is 0 Å². The molecule has 0 aromatic carbocycles. The van der Waals surface area contributed by atoms with Crippen LogP contribution >= 0.6 is 0 Å². The second-order valence-electron chi connectivity index (χ2n) is 7.85. The van der Waals surface area contributed by atoms with E-state index in [9.17, 15) is 14.4 Å². The number of primary amides is 1. The molecule has 0 radical (unpaired) electrons. The van der Waals surface area contributed by atoms with Gasteiger partial charge in [0.05, 0.1) is 23.4 Å². The second kappa shape index (κ2) is 6.82. The number of fused-ring (bicyclic) bond motifs is 4. The maximum absolute atomic E-state index is 13.4. The van der Waals surface area contributed by atoms with Crippen molar-refractivity contribution in [1.29, 1.82) is 0 Å². The normalized spacial score (nSPS) is 35.0. The van der Waals surface area contributed by atoms with Gasteiger partial charge in [0.2, 0.25) is 11.6 Å². The van der Waals surface area contributed by atoms with Crippen LogP contribution in [0.4, 0.5) is 4.79 Å². The third kappa shape index (κ3) is 2.55. The topological polar surface area (TPSA) is 134 Å². The third-order valence-electron chi connectivity index (χ3n) is 6.58. The van der Waals surface area contributed by atoms with Crippen molar-refractivity contribution in [2.45, 2.75) is 31.2 Å². The first-order chi connectivity index (χ1) is 13.8. The average Bonchev–Trinajstić information content (AvgIpc) is 3.07. The van der Waals surface area contributed by atoms with Crippen molar-refractivity contribution < 1.29 is 29.0 Å². The molecular weight excluding hydrogens is 380 g/mol. The fourth-order valence-electron chi connectivity index (χ4n) is 5.22. The molecule has 0 aromatic heterocycles. The van der Waals surface area contributed by atoms with Crippen LogP contribution in [0.3, 0.4) is 0 Å². The number of carbonyl (C=O) groups excluding carboxylic acids is 3. The Morgan fingerprint density at radius 3 is 2.72 bits per heavy atom. The van der Waals surface area contributed by atoms with Gasteiger partial charge >= 0.3 is 6.09 Å². The lowest BCUT2D eigenvalue weighted by atomic mass is 9.82. The number of nitrogens with zero attached hydrogens (tertiary/aromatic N) is 2. The van der Waals surface area contributed by atoms with E-state index < -0.39 is 17.7 Å². The zero-order valence-electron chi connectivity index (χ0n) is 16.7. The molecule has 5 unspecified atom stereocenters. The summed E-state index contributed by atoms with van der Waals surface area (Å²) in [4.78, 5) is 42.0. The SMILES string of the molecule is COC12C(COC(N)=O)C3=C(C(=O)C(C)=C(NCCCO)C3=O)N1CC1C2N1C. The largest absolute Gasteiger partial charge is 0.449 e. The minimum Gasteiger partial charge on any atom is -0.449 e. The van der Waals surface area contributed by atoms with E-state index in [1.807, 2.05) is 11.9 Å². The van der Waals surface area contributed by atoms with Gasteiger partial charge in [-0.1, -0.05) is 0 Å². The number of aliphatic hydroxyl groups is 1. The number of hydrogen-bond donors (Lipinski definition) is 3. The molecule has 4 N–H and O–H groups in total. The van der Waals surface area contributed by atoms with Crippen LogP contribution in [0.2, 0.25) is 0 Å². The Morgan fingerprint density at radius 2 is 2.10 bits per heavy atom. The van der Waals surface area contributed by atoms with Gasteiger partial charge in [0.25, 0.3) is 0 Å². The van der Waals surface area contributed by atoms with E-state index in [0.717, 1.165) is 0 Å². The Hall–Kier alpha value is -2.43. The van der Waals surface area contributed by atoms with Gasteiger partial charge in [-0.15, -0.1) is 0 Å². The summed E-state index contributed by atoms with van der Waals surface area (Å²) in [7, 11) is 3.51. The molecule has 29 heavy (non-hydrogen) atoms. The van der Waals surface area contributed by atoms with E-state index in [1.54, 1.807) is 14.0 Å². The minimum atomic E-state index is -0.967. The molecule has 3 heterocycles.